The maximum Gasteiger partial charge on any atom is 0.335 e. The van der Waals surface area contributed by atoms with E-state index >= 15 is 0 Å². The van der Waals surface area contributed by atoms with Crippen molar-refractivity contribution in [2.24, 2.45) is 4.99 Å². The number of aromatic amines is 1. The van der Waals surface area contributed by atoms with Crippen molar-refractivity contribution < 1.29 is 19.3 Å². The molecule has 0 saturated heterocycles. The van der Waals surface area contributed by atoms with Crippen molar-refractivity contribution in [2.75, 3.05) is 13.9 Å². The minimum atomic E-state index is -0.748. The van der Waals surface area contributed by atoms with Gasteiger partial charge in [0.2, 0.25) is 12.7 Å². The average molecular weight is 423 g/mol. The zero-order valence-electron chi connectivity index (χ0n) is 17.0. The van der Waals surface area contributed by atoms with E-state index < -0.39 is 17.1 Å². The van der Waals surface area contributed by atoms with Gasteiger partial charge in [0.15, 0.2) is 11.5 Å². The minimum absolute atomic E-state index is 0.0429. The van der Waals surface area contributed by atoms with Crippen LogP contribution >= 0.6 is 0 Å². The highest BCUT2D eigenvalue weighted by molar-refractivity contribution is 6.02. The molecule has 0 amide bonds. The fourth-order valence-electron chi connectivity index (χ4n) is 3.35. The van der Waals surface area contributed by atoms with Crippen LogP contribution in [-0.4, -0.2) is 34.3 Å². The zero-order chi connectivity index (χ0) is 22.0. The number of fused-ring (bicyclic) bond motifs is 1. The van der Waals surface area contributed by atoms with Gasteiger partial charge in [-0.15, -0.1) is 0 Å². The summed E-state index contributed by atoms with van der Waals surface area (Å²) in [7, 11) is 1.53. The Balaban J connectivity index is 1.73. The average Bonchev–Trinajstić information content (AvgIpc) is 3.24. The Morgan fingerprint density at radius 1 is 1.16 bits per heavy atom. The van der Waals surface area contributed by atoms with Crippen LogP contribution in [0.15, 0.2) is 57.0 Å². The van der Waals surface area contributed by atoms with E-state index in [-0.39, 0.29) is 18.9 Å². The SMILES string of the molecule is CCC(=NCc1ccc2c(c1)OCO2)c1c(O)n(-c2ccc(OC)cc2)c(=O)[nH]c1=O. The number of nitrogens with one attached hydrogen (secondary N) is 1. The molecule has 160 valence electrons. The lowest BCUT2D eigenvalue weighted by atomic mass is 10.1. The number of H-pyrrole nitrogens is 1. The molecule has 9 nitrogen and oxygen atoms in total. The first-order valence-corrected chi connectivity index (χ1v) is 9.66. The van der Waals surface area contributed by atoms with Crippen LogP contribution in [0.1, 0.15) is 24.5 Å². The van der Waals surface area contributed by atoms with Gasteiger partial charge in [-0.3, -0.25) is 14.8 Å². The van der Waals surface area contributed by atoms with Crippen molar-refractivity contribution in [3.05, 3.63) is 74.4 Å². The van der Waals surface area contributed by atoms with Gasteiger partial charge in [0, 0.05) is 0 Å². The van der Waals surface area contributed by atoms with Crippen molar-refractivity contribution in [1.82, 2.24) is 9.55 Å². The molecule has 1 aromatic heterocycles. The fraction of sp³-hybridized carbons (Fsp3) is 0.227. The van der Waals surface area contributed by atoms with E-state index in [1.807, 2.05) is 19.1 Å². The quantitative estimate of drug-likeness (QED) is 0.588. The molecule has 2 aromatic carbocycles. The van der Waals surface area contributed by atoms with Gasteiger partial charge in [-0.2, -0.15) is 0 Å². The predicted octanol–water partition coefficient (Wildman–Crippen LogP) is 2.37. The first-order valence-electron chi connectivity index (χ1n) is 9.66. The van der Waals surface area contributed by atoms with Crippen LogP contribution in [0.2, 0.25) is 0 Å². The molecule has 1 aliphatic rings. The van der Waals surface area contributed by atoms with Gasteiger partial charge in [-0.05, 0) is 48.4 Å². The molecule has 0 aliphatic carbocycles. The second-order valence-electron chi connectivity index (χ2n) is 6.80. The monoisotopic (exact) mass is 423 g/mol. The summed E-state index contributed by atoms with van der Waals surface area (Å²) >= 11 is 0. The highest BCUT2D eigenvalue weighted by atomic mass is 16.7. The van der Waals surface area contributed by atoms with Crippen LogP contribution in [0.5, 0.6) is 23.1 Å². The standard InChI is InChI=1S/C22H21N3O6/c1-3-16(23-11-13-4-9-17-18(10-13)31-12-30-17)19-20(26)24-22(28)25(21(19)27)14-5-7-15(29-2)8-6-14/h4-10,27H,3,11-12H2,1-2H3,(H,24,26,28). The van der Waals surface area contributed by atoms with E-state index in [2.05, 4.69) is 9.98 Å². The van der Waals surface area contributed by atoms with Crippen LogP contribution < -0.4 is 25.5 Å². The van der Waals surface area contributed by atoms with E-state index in [1.54, 1.807) is 30.3 Å². The third-order valence-corrected chi connectivity index (χ3v) is 4.93. The molecule has 0 spiro atoms. The number of methoxy groups -OCH3 is 1. The number of aromatic nitrogens is 2. The largest absolute Gasteiger partial charge is 0.497 e. The van der Waals surface area contributed by atoms with Gasteiger partial charge >= 0.3 is 5.69 Å². The van der Waals surface area contributed by atoms with Crippen molar-refractivity contribution in [3.63, 3.8) is 0 Å². The van der Waals surface area contributed by atoms with Crippen molar-refractivity contribution in [3.8, 4) is 28.8 Å². The van der Waals surface area contributed by atoms with Gasteiger partial charge in [0.25, 0.3) is 5.56 Å². The van der Waals surface area contributed by atoms with E-state index in [0.717, 1.165) is 10.1 Å². The highest BCUT2D eigenvalue weighted by Crippen LogP contribution is 2.32. The Hall–Kier alpha value is -4.01. The predicted molar refractivity (Wildman–Crippen MR) is 114 cm³/mol. The summed E-state index contributed by atoms with van der Waals surface area (Å²) < 4.78 is 16.8. The summed E-state index contributed by atoms with van der Waals surface area (Å²) in [5.74, 6) is 1.44. The molecule has 0 radical (unpaired) electrons. The maximum atomic E-state index is 12.5. The van der Waals surface area contributed by atoms with Crippen LogP contribution in [-0.2, 0) is 6.54 Å². The third-order valence-electron chi connectivity index (χ3n) is 4.93. The summed E-state index contributed by atoms with van der Waals surface area (Å²) in [6.45, 7) is 2.26. The molecule has 0 bridgehead atoms. The summed E-state index contributed by atoms with van der Waals surface area (Å²) in [4.78, 5) is 31.8. The molecule has 0 fully saturated rings. The summed E-state index contributed by atoms with van der Waals surface area (Å²) in [6.07, 6.45) is 0.377. The summed E-state index contributed by atoms with van der Waals surface area (Å²) in [6, 6.07) is 12.0. The number of ether oxygens (including phenoxy) is 3. The van der Waals surface area contributed by atoms with Gasteiger partial charge < -0.3 is 19.3 Å². The Kier molecular flexibility index (Phi) is 5.48. The molecule has 1 aliphatic heterocycles. The van der Waals surface area contributed by atoms with Crippen LogP contribution in [0.3, 0.4) is 0 Å². The normalized spacial score (nSPS) is 12.8. The molecule has 0 unspecified atom stereocenters. The van der Waals surface area contributed by atoms with Crippen molar-refractivity contribution >= 4 is 5.71 Å². The molecule has 31 heavy (non-hydrogen) atoms. The van der Waals surface area contributed by atoms with Crippen LogP contribution in [0.25, 0.3) is 5.69 Å². The fourth-order valence-corrected chi connectivity index (χ4v) is 3.35. The Bertz CT molecular complexity index is 1260. The summed E-state index contributed by atoms with van der Waals surface area (Å²) in [5, 5.41) is 10.9. The van der Waals surface area contributed by atoms with Crippen LogP contribution in [0.4, 0.5) is 0 Å². The van der Waals surface area contributed by atoms with E-state index in [1.165, 1.54) is 7.11 Å². The number of hydrogen-bond donors (Lipinski definition) is 2. The lowest BCUT2D eigenvalue weighted by molar-refractivity contribution is 0.174. The molecule has 9 heteroatoms. The zero-order valence-corrected chi connectivity index (χ0v) is 17.0. The first kappa shape index (κ1) is 20.3. The smallest absolute Gasteiger partial charge is 0.335 e. The molecule has 3 aromatic rings. The molecule has 0 atom stereocenters. The third kappa shape index (κ3) is 3.89. The maximum absolute atomic E-state index is 12.5. The number of aliphatic imine (C=N–C) groups is 1. The molecule has 2 heterocycles. The van der Waals surface area contributed by atoms with Gasteiger partial charge in [0.05, 0.1) is 25.1 Å². The van der Waals surface area contributed by atoms with Crippen molar-refractivity contribution in [1.29, 1.82) is 0 Å². The number of aromatic hydroxyl groups is 1. The Morgan fingerprint density at radius 2 is 1.90 bits per heavy atom. The lowest BCUT2D eigenvalue weighted by Crippen LogP contribution is -2.33. The highest BCUT2D eigenvalue weighted by Gasteiger charge is 2.20. The summed E-state index contributed by atoms with van der Waals surface area (Å²) in [5.41, 5.74) is 0.125. The first-order chi connectivity index (χ1) is 15.0. The van der Waals surface area contributed by atoms with Gasteiger partial charge in [-0.25, -0.2) is 9.36 Å². The molecule has 4 rings (SSSR count). The van der Waals surface area contributed by atoms with E-state index in [9.17, 15) is 14.7 Å². The van der Waals surface area contributed by atoms with E-state index in [4.69, 9.17) is 14.2 Å². The van der Waals surface area contributed by atoms with E-state index in [0.29, 0.717) is 35.1 Å². The van der Waals surface area contributed by atoms with Gasteiger partial charge in [-0.1, -0.05) is 13.0 Å². The van der Waals surface area contributed by atoms with Gasteiger partial charge in [0.1, 0.15) is 11.3 Å². The number of hydrogen-bond acceptors (Lipinski definition) is 7. The van der Waals surface area contributed by atoms with Crippen LogP contribution in [0, 0.1) is 0 Å². The minimum Gasteiger partial charge on any atom is -0.497 e. The molecular formula is C22H21N3O6. The number of nitrogens with zero attached hydrogens (tertiary/aromatic N) is 2. The number of benzene rings is 2. The Morgan fingerprint density at radius 3 is 2.61 bits per heavy atom. The topological polar surface area (TPSA) is 115 Å². The molecular weight excluding hydrogens is 402 g/mol. The second kappa shape index (κ2) is 8.39. The number of rotatable bonds is 6. The van der Waals surface area contributed by atoms with Crippen molar-refractivity contribution in [2.45, 2.75) is 19.9 Å². The Labute approximate surface area is 177 Å². The lowest BCUT2D eigenvalue weighted by Gasteiger charge is -2.13. The second-order valence-corrected chi connectivity index (χ2v) is 6.80. The molecule has 0 saturated carbocycles. The molecule has 2 N–H and O–H groups in total.